The monoisotopic (exact) mass is 378 g/mol. The van der Waals surface area contributed by atoms with E-state index in [1.807, 2.05) is 21.7 Å². The summed E-state index contributed by atoms with van der Waals surface area (Å²) in [5.41, 5.74) is 3.61. The summed E-state index contributed by atoms with van der Waals surface area (Å²) < 4.78 is 2.01. The number of hydrogen-bond acceptors (Lipinski definition) is 3. The number of aromatic nitrogens is 2. The van der Waals surface area contributed by atoms with E-state index in [2.05, 4.69) is 16.4 Å². The summed E-state index contributed by atoms with van der Waals surface area (Å²) in [5, 5.41) is 3.02. The summed E-state index contributed by atoms with van der Waals surface area (Å²) >= 11 is 0. The van der Waals surface area contributed by atoms with Crippen LogP contribution >= 0.6 is 0 Å². The summed E-state index contributed by atoms with van der Waals surface area (Å²) in [6, 6.07) is 5.42. The van der Waals surface area contributed by atoms with Crippen LogP contribution in [0.1, 0.15) is 58.4 Å². The standard InChI is InChI=1S/C22H26N4O2/c27-21(24-14-17-5-2-1-3-6-17)18-7-8-20-19(13-18)15-26(22(20)28)11-4-10-25-12-9-23-16-25/h5,7-9,12-13,16H,1-4,6,10-11,14-15H2,(H,24,27). The summed E-state index contributed by atoms with van der Waals surface area (Å²) in [6.07, 6.45) is 13.2. The minimum atomic E-state index is -0.0692. The number of allylic oxidation sites excluding steroid dienone is 1. The Kier molecular flexibility index (Phi) is 5.55. The minimum absolute atomic E-state index is 0.0555. The fourth-order valence-corrected chi connectivity index (χ4v) is 3.93. The molecule has 0 atom stereocenters. The number of aryl methyl sites for hydroxylation is 1. The van der Waals surface area contributed by atoms with Crippen LogP contribution in [0.5, 0.6) is 0 Å². The Morgan fingerprint density at radius 3 is 2.93 bits per heavy atom. The first-order chi connectivity index (χ1) is 13.7. The molecule has 0 saturated heterocycles. The van der Waals surface area contributed by atoms with Crippen molar-refractivity contribution in [1.29, 1.82) is 0 Å². The number of hydrogen-bond donors (Lipinski definition) is 1. The van der Waals surface area contributed by atoms with E-state index in [9.17, 15) is 9.59 Å². The van der Waals surface area contributed by atoms with Gasteiger partial charge in [-0.25, -0.2) is 4.98 Å². The number of imidazole rings is 1. The molecule has 4 rings (SSSR count). The van der Waals surface area contributed by atoms with E-state index in [0.717, 1.165) is 31.4 Å². The average Bonchev–Trinajstić information content (AvgIpc) is 3.35. The van der Waals surface area contributed by atoms with Gasteiger partial charge in [-0.15, -0.1) is 0 Å². The highest BCUT2D eigenvalue weighted by atomic mass is 16.2. The molecule has 6 nitrogen and oxygen atoms in total. The third-order valence-electron chi connectivity index (χ3n) is 5.51. The lowest BCUT2D eigenvalue weighted by atomic mass is 9.99. The highest BCUT2D eigenvalue weighted by molar-refractivity contribution is 6.01. The zero-order chi connectivity index (χ0) is 19.3. The van der Waals surface area contributed by atoms with E-state index < -0.39 is 0 Å². The van der Waals surface area contributed by atoms with E-state index in [0.29, 0.717) is 30.8 Å². The predicted octanol–water partition coefficient (Wildman–Crippen LogP) is 3.16. The number of amides is 2. The molecule has 0 spiro atoms. The van der Waals surface area contributed by atoms with Crippen molar-refractivity contribution < 1.29 is 9.59 Å². The van der Waals surface area contributed by atoms with Gasteiger partial charge in [-0.3, -0.25) is 9.59 Å². The lowest BCUT2D eigenvalue weighted by Gasteiger charge is -2.15. The number of nitrogens with one attached hydrogen (secondary N) is 1. The number of benzene rings is 1. The second kappa shape index (κ2) is 8.42. The van der Waals surface area contributed by atoms with Crippen LogP contribution in [0.3, 0.4) is 0 Å². The SMILES string of the molecule is O=C(NCC1=CCCCC1)c1ccc2c(c1)CN(CCCn1ccnc1)C2=O. The first kappa shape index (κ1) is 18.5. The Morgan fingerprint density at radius 2 is 2.14 bits per heavy atom. The Balaban J connectivity index is 1.33. The number of fused-ring (bicyclic) bond motifs is 1. The van der Waals surface area contributed by atoms with Gasteiger partial charge in [0.1, 0.15) is 0 Å². The fraction of sp³-hybridized carbons (Fsp3) is 0.409. The van der Waals surface area contributed by atoms with Crippen molar-refractivity contribution in [2.75, 3.05) is 13.1 Å². The van der Waals surface area contributed by atoms with Gasteiger partial charge in [0.25, 0.3) is 11.8 Å². The van der Waals surface area contributed by atoms with Gasteiger partial charge in [-0.05, 0) is 55.9 Å². The van der Waals surface area contributed by atoms with Crippen LogP contribution in [0.4, 0.5) is 0 Å². The molecule has 1 N–H and O–H groups in total. The van der Waals surface area contributed by atoms with Crippen molar-refractivity contribution in [3.63, 3.8) is 0 Å². The summed E-state index contributed by atoms with van der Waals surface area (Å²) in [7, 11) is 0. The number of rotatable bonds is 7. The minimum Gasteiger partial charge on any atom is -0.348 e. The molecule has 0 radical (unpaired) electrons. The second-order valence-corrected chi connectivity index (χ2v) is 7.54. The topological polar surface area (TPSA) is 67.2 Å². The Labute approximate surface area is 165 Å². The zero-order valence-corrected chi connectivity index (χ0v) is 16.1. The van der Waals surface area contributed by atoms with Gasteiger partial charge in [-0.1, -0.05) is 11.6 Å². The van der Waals surface area contributed by atoms with Crippen molar-refractivity contribution >= 4 is 11.8 Å². The number of carbonyl (C=O) groups is 2. The van der Waals surface area contributed by atoms with Crippen LogP contribution < -0.4 is 5.32 Å². The zero-order valence-electron chi connectivity index (χ0n) is 16.1. The van der Waals surface area contributed by atoms with Crippen LogP contribution in [0.2, 0.25) is 0 Å². The maximum absolute atomic E-state index is 12.6. The molecular weight excluding hydrogens is 352 g/mol. The Morgan fingerprint density at radius 1 is 1.21 bits per heavy atom. The molecule has 2 aliphatic rings. The Hall–Kier alpha value is -2.89. The van der Waals surface area contributed by atoms with E-state index in [1.165, 1.54) is 18.4 Å². The third kappa shape index (κ3) is 4.16. The molecule has 0 saturated carbocycles. The van der Waals surface area contributed by atoms with Crippen molar-refractivity contribution in [3.8, 4) is 0 Å². The molecule has 146 valence electrons. The Bertz CT molecular complexity index is 886. The summed E-state index contributed by atoms with van der Waals surface area (Å²) in [6.45, 7) is 2.73. The molecule has 28 heavy (non-hydrogen) atoms. The second-order valence-electron chi connectivity index (χ2n) is 7.54. The lowest BCUT2D eigenvalue weighted by Crippen LogP contribution is -2.26. The molecule has 2 aromatic rings. The normalized spacial score (nSPS) is 16.1. The molecule has 0 unspecified atom stereocenters. The molecular formula is C22H26N4O2. The van der Waals surface area contributed by atoms with Crippen molar-refractivity contribution in [3.05, 3.63) is 65.3 Å². The molecule has 1 aliphatic carbocycles. The fourth-order valence-electron chi connectivity index (χ4n) is 3.93. The van der Waals surface area contributed by atoms with E-state index in [1.54, 1.807) is 24.7 Å². The number of nitrogens with zero attached hydrogens (tertiary/aromatic N) is 3. The lowest BCUT2D eigenvalue weighted by molar-refractivity contribution is 0.0774. The highest BCUT2D eigenvalue weighted by Gasteiger charge is 2.27. The molecule has 1 aliphatic heterocycles. The van der Waals surface area contributed by atoms with Crippen LogP contribution in [-0.2, 0) is 13.1 Å². The smallest absolute Gasteiger partial charge is 0.254 e. The maximum atomic E-state index is 12.6. The van der Waals surface area contributed by atoms with Gasteiger partial charge >= 0.3 is 0 Å². The van der Waals surface area contributed by atoms with Crippen LogP contribution in [0, 0.1) is 0 Å². The van der Waals surface area contributed by atoms with Crippen LogP contribution in [0.25, 0.3) is 0 Å². The van der Waals surface area contributed by atoms with Crippen molar-refractivity contribution in [2.24, 2.45) is 0 Å². The molecule has 1 aromatic carbocycles. The van der Waals surface area contributed by atoms with Crippen LogP contribution in [-0.4, -0.2) is 39.4 Å². The van der Waals surface area contributed by atoms with Gasteiger partial charge in [-0.2, -0.15) is 0 Å². The largest absolute Gasteiger partial charge is 0.348 e. The predicted molar refractivity (Wildman–Crippen MR) is 107 cm³/mol. The van der Waals surface area contributed by atoms with E-state index >= 15 is 0 Å². The van der Waals surface area contributed by atoms with Gasteiger partial charge in [0.05, 0.1) is 6.33 Å². The molecule has 0 bridgehead atoms. The first-order valence-electron chi connectivity index (χ1n) is 10.0. The molecule has 0 fully saturated rings. The average molecular weight is 378 g/mol. The van der Waals surface area contributed by atoms with Gasteiger partial charge in [0.2, 0.25) is 0 Å². The maximum Gasteiger partial charge on any atom is 0.254 e. The molecule has 2 amide bonds. The number of carbonyl (C=O) groups excluding carboxylic acids is 2. The van der Waals surface area contributed by atoms with E-state index in [4.69, 9.17) is 0 Å². The molecule has 6 heteroatoms. The van der Waals surface area contributed by atoms with Gasteiger partial charge < -0.3 is 14.8 Å². The molecule has 1 aromatic heterocycles. The summed E-state index contributed by atoms with van der Waals surface area (Å²) in [5.74, 6) is -0.0137. The van der Waals surface area contributed by atoms with Gasteiger partial charge in [0, 0.05) is 49.7 Å². The van der Waals surface area contributed by atoms with Crippen LogP contribution in [0.15, 0.2) is 48.6 Å². The quantitative estimate of drug-likeness (QED) is 0.753. The van der Waals surface area contributed by atoms with Crippen molar-refractivity contribution in [1.82, 2.24) is 19.8 Å². The summed E-state index contributed by atoms with van der Waals surface area (Å²) in [4.78, 5) is 31.0. The molecule has 2 heterocycles. The highest BCUT2D eigenvalue weighted by Crippen LogP contribution is 2.24. The van der Waals surface area contributed by atoms with Gasteiger partial charge in [0.15, 0.2) is 0 Å². The van der Waals surface area contributed by atoms with Crippen molar-refractivity contribution in [2.45, 2.75) is 45.2 Å². The third-order valence-corrected chi connectivity index (χ3v) is 5.51. The van der Waals surface area contributed by atoms with E-state index in [-0.39, 0.29) is 11.8 Å². The first-order valence-corrected chi connectivity index (χ1v) is 10.0.